The highest BCUT2D eigenvalue weighted by Crippen LogP contribution is 2.10. The number of anilines is 1. The van der Waals surface area contributed by atoms with E-state index in [0.717, 1.165) is 11.1 Å². The molecule has 0 aliphatic heterocycles. The third-order valence-corrected chi connectivity index (χ3v) is 3.58. The minimum atomic E-state index is -0.397. The van der Waals surface area contributed by atoms with E-state index in [-0.39, 0.29) is 6.61 Å². The van der Waals surface area contributed by atoms with E-state index in [2.05, 4.69) is 20.3 Å². The number of rotatable bonds is 5. The maximum absolute atomic E-state index is 12.0. The molecule has 25 heavy (non-hydrogen) atoms. The second-order valence-electron chi connectivity index (χ2n) is 5.68. The van der Waals surface area contributed by atoms with Gasteiger partial charge in [0.25, 0.3) is 0 Å². The molecule has 2 aromatic heterocycles. The van der Waals surface area contributed by atoms with Crippen molar-refractivity contribution in [2.24, 2.45) is 0 Å². The molecule has 0 atom stereocenters. The fraction of sp³-hybridized carbons (Fsp3) is 0.235. The first kappa shape index (κ1) is 16.6. The lowest BCUT2D eigenvalue weighted by Crippen LogP contribution is -2.07. The topological polar surface area (TPSA) is 109 Å². The van der Waals surface area contributed by atoms with Gasteiger partial charge in [-0.15, -0.1) is 5.10 Å². The van der Waals surface area contributed by atoms with Crippen LogP contribution in [0.3, 0.4) is 0 Å². The van der Waals surface area contributed by atoms with Crippen molar-refractivity contribution < 1.29 is 9.53 Å². The number of esters is 1. The minimum absolute atomic E-state index is 0.0482. The molecular weight excluding hydrogens is 320 g/mol. The molecule has 0 fully saturated rings. The molecule has 2 N–H and O–H groups in total. The lowest BCUT2D eigenvalue weighted by Gasteiger charge is -2.04. The third kappa shape index (κ3) is 4.17. The summed E-state index contributed by atoms with van der Waals surface area (Å²) in [6.45, 7) is 4.17. The number of hydrogen-bond acceptors (Lipinski definition) is 7. The summed E-state index contributed by atoms with van der Waals surface area (Å²) in [6, 6.07) is 7.19. The van der Waals surface area contributed by atoms with E-state index in [1.54, 1.807) is 36.1 Å². The first-order chi connectivity index (χ1) is 12.0. The first-order valence-corrected chi connectivity index (χ1v) is 7.72. The highest BCUT2D eigenvalue weighted by Gasteiger charge is 2.10. The molecule has 0 unspecified atom stereocenters. The van der Waals surface area contributed by atoms with Gasteiger partial charge >= 0.3 is 5.97 Å². The van der Waals surface area contributed by atoms with E-state index in [1.165, 1.54) is 0 Å². The summed E-state index contributed by atoms with van der Waals surface area (Å²) in [6.07, 6.45) is 3.36. The van der Waals surface area contributed by atoms with Crippen LogP contribution >= 0.6 is 0 Å². The number of carbonyl (C=O) groups excluding carboxylic acids is 1. The van der Waals surface area contributed by atoms with Gasteiger partial charge in [0, 0.05) is 11.8 Å². The molecule has 0 saturated heterocycles. The molecule has 8 heteroatoms. The van der Waals surface area contributed by atoms with Gasteiger partial charge in [-0.3, -0.25) is 0 Å². The Kier molecular flexibility index (Phi) is 4.69. The molecule has 0 saturated carbocycles. The molecule has 128 valence electrons. The maximum Gasteiger partial charge on any atom is 0.338 e. The predicted molar refractivity (Wildman–Crippen MR) is 90.6 cm³/mol. The monoisotopic (exact) mass is 338 g/mol. The Labute approximate surface area is 144 Å². The molecule has 0 amide bonds. The molecule has 0 aliphatic rings. The standard InChI is InChI=1S/C17H18N6O2/c1-11-3-5-13(6-4-11)17(24)25-10-15-9-23(22-21-15)8-14-7-19-12(2)20-16(14)18/h3-7,9H,8,10H2,1-2H3,(H2,18,19,20). The van der Waals surface area contributed by atoms with Crippen LogP contribution in [0.5, 0.6) is 0 Å². The zero-order valence-electron chi connectivity index (χ0n) is 14.0. The van der Waals surface area contributed by atoms with Crippen molar-refractivity contribution in [3.63, 3.8) is 0 Å². The van der Waals surface area contributed by atoms with Gasteiger partial charge in [0.15, 0.2) is 0 Å². The largest absolute Gasteiger partial charge is 0.455 e. The summed E-state index contributed by atoms with van der Waals surface area (Å²) in [5, 5.41) is 7.99. The number of aryl methyl sites for hydroxylation is 2. The number of carbonyl (C=O) groups is 1. The zero-order valence-corrected chi connectivity index (χ0v) is 14.0. The second-order valence-corrected chi connectivity index (χ2v) is 5.68. The van der Waals surface area contributed by atoms with Crippen LogP contribution in [0.1, 0.15) is 33.0 Å². The van der Waals surface area contributed by atoms with Gasteiger partial charge in [-0.1, -0.05) is 22.9 Å². The molecule has 3 aromatic rings. The molecule has 3 rings (SSSR count). The van der Waals surface area contributed by atoms with Crippen LogP contribution in [-0.2, 0) is 17.9 Å². The van der Waals surface area contributed by atoms with Crippen LogP contribution in [0.4, 0.5) is 5.82 Å². The van der Waals surface area contributed by atoms with Crippen molar-refractivity contribution in [1.29, 1.82) is 0 Å². The lowest BCUT2D eigenvalue weighted by atomic mass is 10.1. The molecular formula is C17H18N6O2. The number of benzene rings is 1. The Morgan fingerprint density at radius 3 is 2.72 bits per heavy atom. The molecule has 0 bridgehead atoms. The van der Waals surface area contributed by atoms with Crippen molar-refractivity contribution in [3.05, 3.63) is 64.9 Å². The van der Waals surface area contributed by atoms with Crippen molar-refractivity contribution >= 4 is 11.8 Å². The van der Waals surface area contributed by atoms with Gasteiger partial charge in [0.2, 0.25) is 0 Å². The number of nitrogen functional groups attached to an aromatic ring is 1. The van der Waals surface area contributed by atoms with E-state index in [1.807, 2.05) is 19.1 Å². The Bertz CT molecular complexity index is 888. The fourth-order valence-electron chi connectivity index (χ4n) is 2.20. The van der Waals surface area contributed by atoms with Crippen LogP contribution < -0.4 is 5.73 Å². The van der Waals surface area contributed by atoms with Crippen LogP contribution in [0.25, 0.3) is 0 Å². The molecule has 2 heterocycles. The van der Waals surface area contributed by atoms with Crippen molar-refractivity contribution in [1.82, 2.24) is 25.0 Å². The van der Waals surface area contributed by atoms with Gasteiger partial charge in [-0.05, 0) is 26.0 Å². The Hall–Kier alpha value is -3.29. The predicted octanol–water partition coefficient (Wildman–Crippen LogP) is 1.67. The van der Waals surface area contributed by atoms with Crippen LogP contribution in [0.2, 0.25) is 0 Å². The summed E-state index contributed by atoms with van der Waals surface area (Å²) in [5.74, 6) is 0.629. The van der Waals surface area contributed by atoms with Gasteiger partial charge in [0.05, 0.1) is 18.3 Å². The minimum Gasteiger partial charge on any atom is -0.455 e. The third-order valence-electron chi connectivity index (χ3n) is 3.58. The van der Waals surface area contributed by atoms with Crippen LogP contribution in [-0.4, -0.2) is 30.9 Å². The summed E-state index contributed by atoms with van der Waals surface area (Å²) < 4.78 is 6.85. The van der Waals surface area contributed by atoms with Crippen molar-refractivity contribution in [2.45, 2.75) is 27.0 Å². The zero-order chi connectivity index (χ0) is 17.8. The van der Waals surface area contributed by atoms with Crippen molar-refractivity contribution in [2.75, 3.05) is 5.73 Å². The number of nitrogens with zero attached hydrogens (tertiary/aromatic N) is 5. The Morgan fingerprint density at radius 2 is 2.00 bits per heavy atom. The number of ether oxygens (including phenoxy) is 1. The summed E-state index contributed by atoms with van der Waals surface area (Å²) in [7, 11) is 0. The molecule has 0 aliphatic carbocycles. The van der Waals surface area contributed by atoms with Gasteiger partial charge in [-0.25, -0.2) is 19.4 Å². The summed E-state index contributed by atoms with van der Waals surface area (Å²) in [5.41, 5.74) is 8.75. The van der Waals surface area contributed by atoms with E-state index in [4.69, 9.17) is 10.5 Å². The van der Waals surface area contributed by atoms with Gasteiger partial charge in [-0.2, -0.15) is 0 Å². The van der Waals surface area contributed by atoms with Gasteiger partial charge < -0.3 is 10.5 Å². The molecule has 8 nitrogen and oxygen atoms in total. The van der Waals surface area contributed by atoms with E-state index < -0.39 is 5.97 Å². The van der Waals surface area contributed by atoms with Crippen molar-refractivity contribution in [3.8, 4) is 0 Å². The SMILES string of the molecule is Cc1ccc(C(=O)OCc2cn(Cc3cnc(C)nc3N)nn2)cc1. The van der Waals surface area contributed by atoms with E-state index >= 15 is 0 Å². The normalized spacial score (nSPS) is 10.6. The fourth-order valence-corrected chi connectivity index (χ4v) is 2.20. The second kappa shape index (κ2) is 7.08. The van der Waals surface area contributed by atoms with Crippen LogP contribution in [0.15, 0.2) is 36.7 Å². The molecule has 0 spiro atoms. The molecule has 1 aromatic carbocycles. The Balaban J connectivity index is 1.60. The number of hydrogen-bond donors (Lipinski definition) is 1. The number of aromatic nitrogens is 5. The van der Waals surface area contributed by atoms with Crippen LogP contribution in [0, 0.1) is 13.8 Å². The number of nitrogens with two attached hydrogens (primary N) is 1. The quantitative estimate of drug-likeness (QED) is 0.705. The highest BCUT2D eigenvalue weighted by molar-refractivity contribution is 5.89. The summed E-state index contributed by atoms with van der Waals surface area (Å²) in [4.78, 5) is 20.2. The lowest BCUT2D eigenvalue weighted by molar-refractivity contribution is 0.0467. The smallest absolute Gasteiger partial charge is 0.338 e. The van der Waals surface area contributed by atoms with Gasteiger partial charge in [0.1, 0.15) is 23.9 Å². The summed E-state index contributed by atoms with van der Waals surface area (Å²) >= 11 is 0. The highest BCUT2D eigenvalue weighted by atomic mass is 16.5. The first-order valence-electron chi connectivity index (χ1n) is 7.72. The maximum atomic E-state index is 12.0. The molecule has 0 radical (unpaired) electrons. The van der Waals surface area contributed by atoms with E-state index in [9.17, 15) is 4.79 Å². The van der Waals surface area contributed by atoms with E-state index in [0.29, 0.717) is 29.4 Å². The average Bonchev–Trinajstić information content (AvgIpc) is 3.03. The average molecular weight is 338 g/mol. The Morgan fingerprint density at radius 1 is 1.24 bits per heavy atom.